The zero-order valence-electron chi connectivity index (χ0n) is 21.9. The Labute approximate surface area is 235 Å². The highest BCUT2D eigenvalue weighted by Crippen LogP contribution is 2.32. The van der Waals surface area contributed by atoms with E-state index in [1.54, 1.807) is 25.1 Å². The monoisotopic (exact) mass is 621 g/mol. The Balaban J connectivity index is 2.07. The smallest absolute Gasteiger partial charge is 0.264 e. The maximum absolute atomic E-state index is 13.9. The van der Waals surface area contributed by atoms with Crippen LogP contribution < -0.4 is 19.1 Å². The van der Waals surface area contributed by atoms with Gasteiger partial charge in [0.15, 0.2) is 11.5 Å². The van der Waals surface area contributed by atoms with Gasteiger partial charge in [-0.15, -0.1) is 0 Å². The van der Waals surface area contributed by atoms with Crippen molar-refractivity contribution in [3.05, 3.63) is 82.6 Å². The third kappa shape index (κ3) is 7.07. The average molecular weight is 623 g/mol. The molecule has 1 atom stereocenters. The van der Waals surface area contributed by atoms with E-state index in [0.717, 1.165) is 26.5 Å². The summed E-state index contributed by atoms with van der Waals surface area (Å²) in [5.74, 6) is -1.14. The highest BCUT2D eigenvalue weighted by Gasteiger charge is 2.33. The number of carbonyl (C=O) groups excluding carboxylic acids is 2. The topological polar surface area (TPSA) is 105 Å². The zero-order chi connectivity index (χ0) is 28.7. The van der Waals surface area contributed by atoms with Crippen molar-refractivity contribution in [3.8, 4) is 11.5 Å². The van der Waals surface area contributed by atoms with Crippen LogP contribution in [0.2, 0.25) is 0 Å². The van der Waals surface area contributed by atoms with Crippen molar-refractivity contribution in [2.24, 2.45) is 0 Å². The molecule has 1 N–H and O–H groups in total. The number of hydrogen-bond acceptors (Lipinski definition) is 6. The molecular formula is C27H29BrFN3O6S. The van der Waals surface area contributed by atoms with Crippen LogP contribution in [0.15, 0.2) is 76.1 Å². The summed E-state index contributed by atoms with van der Waals surface area (Å²) in [6, 6.07) is 15.1. The SMILES string of the molecule is CNC(=O)[C@H](C)N(Cc1cccc(Br)c1)C(=O)CN(c1ccc(F)cc1)S(=O)(=O)c1ccc(OC)c(OC)c1. The van der Waals surface area contributed by atoms with E-state index < -0.39 is 40.2 Å². The Bertz CT molecular complexity index is 1440. The van der Waals surface area contributed by atoms with Crippen LogP contribution in [0.5, 0.6) is 11.5 Å². The van der Waals surface area contributed by atoms with Crippen molar-refractivity contribution in [1.82, 2.24) is 10.2 Å². The highest BCUT2D eigenvalue weighted by atomic mass is 79.9. The quantitative estimate of drug-likeness (QED) is 0.347. The molecule has 0 aliphatic heterocycles. The van der Waals surface area contributed by atoms with Gasteiger partial charge in [-0.05, 0) is 61.0 Å². The number of carbonyl (C=O) groups is 2. The van der Waals surface area contributed by atoms with Gasteiger partial charge < -0.3 is 19.7 Å². The Morgan fingerprint density at radius 2 is 1.67 bits per heavy atom. The first-order chi connectivity index (χ1) is 18.5. The first kappa shape index (κ1) is 29.9. The fraction of sp³-hybridized carbons (Fsp3) is 0.259. The summed E-state index contributed by atoms with van der Waals surface area (Å²) in [5.41, 5.74) is 0.791. The number of sulfonamides is 1. The highest BCUT2D eigenvalue weighted by molar-refractivity contribution is 9.10. The fourth-order valence-electron chi connectivity index (χ4n) is 3.86. The summed E-state index contributed by atoms with van der Waals surface area (Å²) < 4.78 is 53.6. The van der Waals surface area contributed by atoms with Crippen LogP contribution in [0.4, 0.5) is 10.1 Å². The number of rotatable bonds is 11. The van der Waals surface area contributed by atoms with E-state index in [1.165, 1.54) is 56.5 Å². The predicted molar refractivity (Wildman–Crippen MR) is 149 cm³/mol. The number of benzene rings is 3. The van der Waals surface area contributed by atoms with E-state index in [-0.39, 0.29) is 22.9 Å². The Kier molecular flexibility index (Phi) is 9.92. The largest absolute Gasteiger partial charge is 0.493 e. The standard InChI is InChI=1S/C27H29BrFN3O6S/c1-18(27(34)30-2)31(16-19-6-5-7-20(28)14-19)26(33)17-32(22-10-8-21(29)9-11-22)39(35,36)23-12-13-24(37-3)25(15-23)38-4/h5-15,18H,16-17H2,1-4H3,(H,30,34)/t18-/m0/s1. The molecule has 0 fully saturated rings. The van der Waals surface area contributed by atoms with Crippen molar-refractivity contribution in [3.63, 3.8) is 0 Å². The molecule has 0 saturated carbocycles. The maximum atomic E-state index is 13.9. The molecule has 0 aliphatic rings. The molecule has 0 spiro atoms. The number of anilines is 1. The van der Waals surface area contributed by atoms with Gasteiger partial charge in [0.2, 0.25) is 11.8 Å². The number of ether oxygens (including phenoxy) is 2. The number of amides is 2. The Morgan fingerprint density at radius 3 is 2.26 bits per heavy atom. The maximum Gasteiger partial charge on any atom is 0.264 e. The van der Waals surface area contributed by atoms with Crippen LogP contribution in [0.25, 0.3) is 0 Å². The van der Waals surface area contributed by atoms with Gasteiger partial charge in [0.1, 0.15) is 18.4 Å². The molecule has 0 heterocycles. The van der Waals surface area contributed by atoms with Gasteiger partial charge in [-0.1, -0.05) is 28.1 Å². The molecule has 9 nitrogen and oxygen atoms in total. The molecule has 39 heavy (non-hydrogen) atoms. The third-order valence-corrected chi connectivity index (χ3v) is 8.26. The van der Waals surface area contributed by atoms with Crippen LogP contribution in [0.3, 0.4) is 0 Å². The molecule has 0 aliphatic carbocycles. The van der Waals surface area contributed by atoms with E-state index >= 15 is 0 Å². The minimum absolute atomic E-state index is 0.0422. The van der Waals surface area contributed by atoms with Gasteiger partial charge in [0, 0.05) is 24.1 Å². The normalized spacial score (nSPS) is 11.8. The number of nitrogens with one attached hydrogen (secondary N) is 1. The van der Waals surface area contributed by atoms with E-state index in [4.69, 9.17) is 9.47 Å². The molecule has 0 saturated heterocycles. The van der Waals surface area contributed by atoms with E-state index in [0.29, 0.717) is 5.75 Å². The van der Waals surface area contributed by atoms with Gasteiger partial charge in [-0.25, -0.2) is 12.8 Å². The van der Waals surface area contributed by atoms with Crippen LogP contribution in [-0.4, -0.2) is 59.0 Å². The van der Waals surface area contributed by atoms with E-state index in [9.17, 15) is 22.4 Å². The first-order valence-electron chi connectivity index (χ1n) is 11.8. The van der Waals surface area contributed by atoms with Crippen molar-refractivity contribution in [1.29, 1.82) is 0 Å². The summed E-state index contributed by atoms with van der Waals surface area (Å²) >= 11 is 3.40. The lowest BCUT2D eigenvalue weighted by atomic mass is 10.1. The van der Waals surface area contributed by atoms with E-state index in [1.807, 2.05) is 6.07 Å². The Morgan fingerprint density at radius 1 is 1.00 bits per heavy atom. The molecule has 2 amide bonds. The summed E-state index contributed by atoms with van der Waals surface area (Å²) in [6.07, 6.45) is 0. The molecule has 12 heteroatoms. The molecule has 0 aromatic heterocycles. The summed E-state index contributed by atoms with van der Waals surface area (Å²) in [6.45, 7) is 0.942. The van der Waals surface area contributed by atoms with E-state index in [2.05, 4.69) is 21.2 Å². The second-order valence-corrected chi connectivity index (χ2v) is 11.2. The van der Waals surface area contributed by atoms with Crippen molar-refractivity contribution in [2.45, 2.75) is 24.4 Å². The van der Waals surface area contributed by atoms with Gasteiger partial charge >= 0.3 is 0 Å². The molecular weight excluding hydrogens is 593 g/mol. The van der Waals surface area contributed by atoms with Gasteiger partial charge in [0.05, 0.1) is 24.8 Å². The molecule has 0 radical (unpaired) electrons. The lowest BCUT2D eigenvalue weighted by Crippen LogP contribution is -2.50. The van der Waals surface area contributed by atoms with Crippen LogP contribution in [0.1, 0.15) is 12.5 Å². The minimum atomic E-state index is -4.36. The van der Waals surface area contributed by atoms with Gasteiger partial charge in [-0.3, -0.25) is 13.9 Å². The second kappa shape index (κ2) is 12.9. The number of hydrogen-bond donors (Lipinski definition) is 1. The molecule has 3 aromatic carbocycles. The van der Waals surface area contributed by atoms with Gasteiger partial charge in [-0.2, -0.15) is 0 Å². The molecule has 3 rings (SSSR count). The number of nitrogens with zero attached hydrogens (tertiary/aromatic N) is 2. The molecule has 208 valence electrons. The van der Waals surface area contributed by atoms with Gasteiger partial charge in [0.25, 0.3) is 10.0 Å². The summed E-state index contributed by atoms with van der Waals surface area (Å²) in [7, 11) is -0.123. The van der Waals surface area contributed by atoms with Crippen LogP contribution in [0, 0.1) is 5.82 Å². The number of methoxy groups -OCH3 is 2. The molecule has 0 unspecified atom stereocenters. The molecule has 0 bridgehead atoms. The first-order valence-corrected chi connectivity index (χ1v) is 14.0. The number of likely N-dealkylation sites (N-methyl/N-ethyl adjacent to an activating group) is 1. The fourth-order valence-corrected chi connectivity index (χ4v) is 5.74. The summed E-state index contributed by atoms with van der Waals surface area (Å²) in [5, 5.41) is 2.53. The van der Waals surface area contributed by atoms with Crippen LogP contribution >= 0.6 is 15.9 Å². The zero-order valence-corrected chi connectivity index (χ0v) is 24.3. The van der Waals surface area contributed by atoms with Crippen molar-refractivity contribution >= 4 is 43.5 Å². The lowest BCUT2D eigenvalue weighted by molar-refractivity contribution is -0.139. The number of halogens is 2. The summed E-state index contributed by atoms with van der Waals surface area (Å²) in [4.78, 5) is 27.4. The van der Waals surface area contributed by atoms with Crippen molar-refractivity contribution in [2.75, 3.05) is 32.1 Å². The second-order valence-electron chi connectivity index (χ2n) is 8.45. The Hall–Kier alpha value is -3.64. The van der Waals surface area contributed by atoms with Crippen LogP contribution in [-0.2, 0) is 26.2 Å². The third-order valence-electron chi connectivity index (χ3n) is 5.99. The average Bonchev–Trinajstić information content (AvgIpc) is 2.93. The minimum Gasteiger partial charge on any atom is -0.493 e. The van der Waals surface area contributed by atoms with Crippen molar-refractivity contribution < 1.29 is 31.9 Å². The lowest BCUT2D eigenvalue weighted by Gasteiger charge is -2.31. The molecule has 3 aromatic rings. The predicted octanol–water partition coefficient (Wildman–Crippen LogP) is 3.96.